The summed E-state index contributed by atoms with van der Waals surface area (Å²) in [5, 5.41) is 10.5. The fourth-order valence-corrected chi connectivity index (χ4v) is 11.4. The van der Waals surface area contributed by atoms with E-state index in [4.69, 9.17) is 37.0 Å². The highest BCUT2D eigenvalue weighted by atomic mass is 31.2. The summed E-state index contributed by atoms with van der Waals surface area (Å²) in [6, 6.07) is 0. The molecule has 498 valence electrons. The first kappa shape index (κ1) is 82.1. The highest BCUT2D eigenvalue weighted by Crippen LogP contribution is 2.45. The zero-order chi connectivity index (χ0) is 61.9. The number of unbranched alkanes of at least 4 members (excludes halogenated alkanes) is 40. The third-order valence-corrected chi connectivity index (χ3v) is 17.0. The van der Waals surface area contributed by atoms with Gasteiger partial charge >= 0.3 is 39.5 Å². The van der Waals surface area contributed by atoms with Crippen molar-refractivity contribution >= 4 is 39.5 Å². The molecule has 2 unspecified atom stereocenters. The van der Waals surface area contributed by atoms with E-state index in [-0.39, 0.29) is 25.7 Å². The Balaban J connectivity index is 5.17. The molecule has 0 heterocycles. The summed E-state index contributed by atoms with van der Waals surface area (Å²) in [5.74, 6) is -2.14. The Kier molecular flexibility index (Phi) is 58.6. The first-order chi connectivity index (χ1) is 40.7. The van der Waals surface area contributed by atoms with E-state index in [2.05, 4.69) is 27.7 Å². The molecular weight excluding hydrogens is 1110 g/mol. The second-order valence-electron chi connectivity index (χ2n) is 23.5. The van der Waals surface area contributed by atoms with Gasteiger partial charge in [0.25, 0.3) is 0 Å². The Bertz CT molecular complexity index is 1620. The van der Waals surface area contributed by atoms with Gasteiger partial charge in [0.2, 0.25) is 0 Å². The van der Waals surface area contributed by atoms with E-state index in [0.717, 1.165) is 109 Å². The number of phosphoric acid groups is 2. The fraction of sp³-hybridized carbons (Fsp3) is 0.938. The van der Waals surface area contributed by atoms with Crippen molar-refractivity contribution in [3.05, 3.63) is 0 Å². The minimum absolute atomic E-state index is 0.105. The number of carbonyl (C=O) groups excluding carboxylic acids is 4. The number of esters is 4. The molecule has 0 spiro atoms. The van der Waals surface area contributed by atoms with Crippen LogP contribution in [0.15, 0.2) is 0 Å². The van der Waals surface area contributed by atoms with Gasteiger partial charge in [-0.25, -0.2) is 9.13 Å². The van der Waals surface area contributed by atoms with E-state index in [1.165, 1.54) is 148 Å². The summed E-state index contributed by atoms with van der Waals surface area (Å²) in [6.07, 6.45) is 46.0. The lowest BCUT2D eigenvalue weighted by molar-refractivity contribution is -0.161. The molecule has 17 nitrogen and oxygen atoms in total. The molecule has 0 aromatic rings. The van der Waals surface area contributed by atoms with E-state index in [1.54, 1.807) is 0 Å². The molecule has 0 saturated carbocycles. The van der Waals surface area contributed by atoms with Crippen molar-refractivity contribution in [1.82, 2.24) is 0 Å². The SMILES string of the molecule is CCCCCCCCCCCCCCCCCCCC(=O)O[C@H](COC(=O)CCCCCCCCCCCCCC)COP(=O)(O)OC[C@@H](O)COP(=O)(O)OC[C@@H](COC(=O)CCCCCCCCC)OC(=O)CCCCCCCCCC. The van der Waals surface area contributed by atoms with Crippen LogP contribution in [0.4, 0.5) is 0 Å². The average molecular weight is 1240 g/mol. The van der Waals surface area contributed by atoms with E-state index in [0.29, 0.717) is 25.7 Å². The van der Waals surface area contributed by atoms with Gasteiger partial charge in [0.1, 0.15) is 19.3 Å². The highest BCUT2D eigenvalue weighted by Gasteiger charge is 2.30. The number of aliphatic hydroxyl groups excluding tert-OH is 1. The van der Waals surface area contributed by atoms with Crippen molar-refractivity contribution in [3.63, 3.8) is 0 Å². The van der Waals surface area contributed by atoms with Crippen LogP contribution >= 0.6 is 15.6 Å². The number of rotatable bonds is 66. The molecule has 0 rings (SSSR count). The Labute approximate surface area is 511 Å². The highest BCUT2D eigenvalue weighted by molar-refractivity contribution is 7.47. The van der Waals surface area contributed by atoms with E-state index >= 15 is 0 Å². The monoisotopic (exact) mass is 1240 g/mol. The van der Waals surface area contributed by atoms with Crippen LogP contribution in [0, 0.1) is 0 Å². The second-order valence-corrected chi connectivity index (χ2v) is 26.4. The quantitative estimate of drug-likeness (QED) is 0.0222. The number of aliphatic hydroxyl groups is 1. The van der Waals surface area contributed by atoms with Crippen LogP contribution in [0.5, 0.6) is 0 Å². The second kappa shape index (κ2) is 60.0. The minimum Gasteiger partial charge on any atom is -0.462 e. The molecule has 0 amide bonds. The molecule has 0 bridgehead atoms. The Morgan fingerprint density at radius 3 is 0.702 bits per heavy atom. The maximum atomic E-state index is 13.0. The van der Waals surface area contributed by atoms with Gasteiger partial charge in [-0.1, -0.05) is 285 Å². The zero-order valence-electron chi connectivity index (χ0n) is 53.9. The van der Waals surface area contributed by atoms with Crippen LogP contribution in [0.3, 0.4) is 0 Å². The van der Waals surface area contributed by atoms with Gasteiger partial charge in [-0.15, -0.1) is 0 Å². The standard InChI is InChI=1S/C65H126O17P2/c1-5-9-13-17-21-24-26-28-29-30-31-32-34-36-40-44-48-52-65(70)82-61(56-76-63(68)50-46-42-39-35-33-27-25-22-18-14-10-6-2)58-80-84(73,74)78-54-59(66)53-77-83(71,72)79-57-60(55-75-62(67)49-45-41-37-20-16-12-8-4)81-64(69)51-47-43-38-23-19-15-11-7-3/h59-61,66H,5-58H2,1-4H3,(H,71,72)(H,73,74)/t59-,60+,61+/m0/s1. The third-order valence-electron chi connectivity index (χ3n) is 15.1. The minimum atomic E-state index is -4.94. The number of hydrogen-bond acceptors (Lipinski definition) is 15. The average Bonchev–Trinajstić information content (AvgIpc) is 3.57. The number of phosphoric ester groups is 2. The lowest BCUT2D eigenvalue weighted by atomic mass is 10.0. The molecular formula is C65H126O17P2. The number of ether oxygens (including phenoxy) is 4. The predicted molar refractivity (Wildman–Crippen MR) is 335 cm³/mol. The predicted octanol–water partition coefficient (Wildman–Crippen LogP) is 18.3. The van der Waals surface area contributed by atoms with Crippen LogP contribution in [0.25, 0.3) is 0 Å². The van der Waals surface area contributed by atoms with Gasteiger partial charge in [-0.2, -0.15) is 0 Å². The molecule has 0 radical (unpaired) electrons. The molecule has 5 atom stereocenters. The number of carbonyl (C=O) groups is 4. The molecule has 0 saturated heterocycles. The summed E-state index contributed by atoms with van der Waals surface area (Å²) in [7, 11) is -9.88. The van der Waals surface area contributed by atoms with Crippen LogP contribution in [0.1, 0.15) is 336 Å². The van der Waals surface area contributed by atoms with Crippen LogP contribution in [-0.4, -0.2) is 96.7 Å². The summed E-state index contributed by atoms with van der Waals surface area (Å²) >= 11 is 0. The molecule has 0 fully saturated rings. The van der Waals surface area contributed by atoms with Gasteiger partial charge in [0, 0.05) is 25.7 Å². The number of hydrogen-bond donors (Lipinski definition) is 3. The topological polar surface area (TPSA) is 237 Å². The first-order valence-electron chi connectivity index (χ1n) is 34.3. The lowest BCUT2D eigenvalue weighted by Crippen LogP contribution is -2.30. The zero-order valence-corrected chi connectivity index (χ0v) is 55.7. The molecule has 0 aromatic carbocycles. The van der Waals surface area contributed by atoms with Crippen molar-refractivity contribution in [2.24, 2.45) is 0 Å². The smallest absolute Gasteiger partial charge is 0.462 e. The van der Waals surface area contributed by atoms with Crippen molar-refractivity contribution in [1.29, 1.82) is 0 Å². The van der Waals surface area contributed by atoms with Crippen molar-refractivity contribution in [2.75, 3.05) is 39.6 Å². The van der Waals surface area contributed by atoms with Crippen LogP contribution in [-0.2, 0) is 65.4 Å². The summed E-state index contributed by atoms with van der Waals surface area (Å²) in [5.41, 5.74) is 0. The maximum absolute atomic E-state index is 13.0. The maximum Gasteiger partial charge on any atom is 0.472 e. The molecule has 19 heteroatoms. The molecule has 0 aromatic heterocycles. The van der Waals surface area contributed by atoms with E-state index < -0.39 is 97.5 Å². The van der Waals surface area contributed by atoms with Crippen LogP contribution < -0.4 is 0 Å². The fourth-order valence-electron chi connectivity index (χ4n) is 9.81. The largest absolute Gasteiger partial charge is 0.472 e. The molecule has 0 aliphatic heterocycles. The van der Waals surface area contributed by atoms with Gasteiger partial charge < -0.3 is 33.8 Å². The molecule has 3 N–H and O–H groups in total. The normalized spacial score (nSPS) is 14.1. The molecule has 0 aliphatic rings. The first-order valence-corrected chi connectivity index (χ1v) is 37.3. The van der Waals surface area contributed by atoms with Gasteiger partial charge in [-0.05, 0) is 25.7 Å². The van der Waals surface area contributed by atoms with E-state index in [1.807, 2.05) is 0 Å². The van der Waals surface area contributed by atoms with Gasteiger partial charge in [0.15, 0.2) is 12.2 Å². The van der Waals surface area contributed by atoms with Gasteiger partial charge in [0.05, 0.1) is 26.4 Å². The van der Waals surface area contributed by atoms with Crippen LogP contribution in [0.2, 0.25) is 0 Å². The van der Waals surface area contributed by atoms with Gasteiger partial charge in [-0.3, -0.25) is 37.3 Å². The lowest BCUT2D eigenvalue weighted by Gasteiger charge is -2.21. The Hall–Kier alpha value is -1.94. The Morgan fingerprint density at radius 2 is 0.476 bits per heavy atom. The molecule has 84 heavy (non-hydrogen) atoms. The van der Waals surface area contributed by atoms with E-state index in [9.17, 15) is 43.2 Å². The van der Waals surface area contributed by atoms with Crippen molar-refractivity contribution < 1.29 is 80.2 Å². The summed E-state index contributed by atoms with van der Waals surface area (Å²) in [6.45, 7) is 4.84. The summed E-state index contributed by atoms with van der Waals surface area (Å²) < 4.78 is 67.9. The third kappa shape index (κ3) is 59.0. The van der Waals surface area contributed by atoms with Crippen molar-refractivity contribution in [3.8, 4) is 0 Å². The van der Waals surface area contributed by atoms with Crippen molar-refractivity contribution in [2.45, 2.75) is 354 Å². The Morgan fingerprint density at radius 1 is 0.286 bits per heavy atom. The molecule has 0 aliphatic carbocycles. The summed E-state index contributed by atoms with van der Waals surface area (Å²) in [4.78, 5) is 72.1.